The summed E-state index contributed by atoms with van der Waals surface area (Å²) in [6.45, 7) is 0. The maximum absolute atomic E-state index is 13.1. The summed E-state index contributed by atoms with van der Waals surface area (Å²) < 4.78 is 34.9. The third-order valence-corrected chi connectivity index (χ3v) is 3.00. The van der Waals surface area contributed by atoms with Gasteiger partial charge in [0.15, 0.2) is 11.6 Å². The second kappa shape index (κ2) is 9.39. The molecule has 0 saturated heterocycles. The van der Waals surface area contributed by atoms with Crippen LogP contribution in [0.25, 0.3) is 0 Å². The molecule has 0 aliphatic carbocycles. The number of methoxy groups -OCH3 is 2. The van der Waals surface area contributed by atoms with Gasteiger partial charge in [-0.1, -0.05) is 12.1 Å². The summed E-state index contributed by atoms with van der Waals surface area (Å²) in [5.41, 5.74) is 0.250. The van der Waals surface area contributed by atoms with Gasteiger partial charge in [0.25, 0.3) is 0 Å². The Labute approximate surface area is 137 Å². The molecule has 0 aromatic heterocycles. The fourth-order valence-corrected chi connectivity index (χ4v) is 1.81. The van der Waals surface area contributed by atoms with Crippen molar-refractivity contribution in [2.45, 2.75) is 18.9 Å². The van der Waals surface area contributed by atoms with Crippen LogP contribution in [-0.2, 0) is 30.3 Å². The van der Waals surface area contributed by atoms with Gasteiger partial charge in [-0.3, -0.25) is 4.79 Å². The van der Waals surface area contributed by atoms with E-state index >= 15 is 0 Å². The molecule has 0 aliphatic heterocycles. The summed E-state index contributed by atoms with van der Waals surface area (Å²) in [4.78, 5) is 34.6. The zero-order chi connectivity index (χ0) is 18.1. The second-order valence-corrected chi connectivity index (χ2v) is 4.73. The number of carbonyl (C=O) groups excluding carboxylic acids is 3. The minimum absolute atomic E-state index is 0.00525. The molecule has 0 saturated carbocycles. The van der Waals surface area contributed by atoms with E-state index < -0.39 is 35.5 Å². The van der Waals surface area contributed by atoms with E-state index in [1.807, 2.05) is 0 Å². The van der Waals surface area contributed by atoms with E-state index in [-0.39, 0.29) is 18.4 Å². The van der Waals surface area contributed by atoms with Crippen LogP contribution >= 0.6 is 0 Å². The van der Waals surface area contributed by atoms with Crippen LogP contribution in [0.5, 0.6) is 0 Å². The van der Waals surface area contributed by atoms with Crippen molar-refractivity contribution in [1.29, 1.82) is 0 Å². The predicted molar refractivity (Wildman–Crippen MR) is 79.8 cm³/mol. The van der Waals surface area contributed by atoms with E-state index in [4.69, 9.17) is 0 Å². The van der Waals surface area contributed by atoms with Gasteiger partial charge in [0, 0.05) is 6.08 Å². The fourth-order valence-electron chi connectivity index (χ4n) is 1.81. The quantitative estimate of drug-likeness (QED) is 0.597. The van der Waals surface area contributed by atoms with E-state index in [0.717, 1.165) is 25.3 Å². The lowest BCUT2D eigenvalue weighted by molar-refractivity contribution is -0.145. The van der Waals surface area contributed by atoms with Gasteiger partial charge >= 0.3 is 11.9 Å². The van der Waals surface area contributed by atoms with Gasteiger partial charge in [-0.05, 0) is 24.1 Å². The van der Waals surface area contributed by atoms with Gasteiger partial charge in [0.05, 0.1) is 20.6 Å². The SMILES string of the molecule is COC(=O)/C=C/C[C@H](NC(=O)Cc1ccc(F)c(F)c1)C(=O)OC. The first-order valence-corrected chi connectivity index (χ1v) is 6.93. The largest absolute Gasteiger partial charge is 0.467 e. The highest BCUT2D eigenvalue weighted by molar-refractivity contribution is 5.86. The summed E-state index contributed by atoms with van der Waals surface area (Å²) in [5.74, 6) is -3.97. The minimum Gasteiger partial charge on any atom is -0.467 e. The maximum atomic E-state index is 13.1. The van der Waals surface area contributed by atoms with Crippen LogP contribution in [-0.4, -0.2) is 38.1 Å². The van der Waals surface area contributed by atoms with Gasteiger partial charge in [-0.25, -0.2) is 18.4 Å². The Morgan fingerprint density at radius 3 is 2.46 bits per heavy atom. The first-order chi connectivity index (χ1) is 11.4. The molecule has 1 atom stereocenters. The number of esters is 2. The van der Waals surface area contributed by atoms with E-state index in [1.54, 1.807) is 0 Å². The third-order valence-electron chi connectivity index (χ3n) is 3.00. The van der Waals surface area contributed by atoms with E-state index in [9.17, 15) is 23.2 Å². The van der Waals surface area contributed by atoms with Crippen molar-refractivity contribution in [3.8, 4) is 0 Å². The number of hydrogen-bond donors (Lipinski definition) is 1. The average molecular weight is 341 g/mol. The molecule has 0 heterocycles. The molecule has 1 aromatic carbocycles. The van der Waals surface area contributed by atoms with Gasteiger partial charge in [0.2, 0.25) is 5.91 Å². The lowest BCUT2D eigenvalue weighted by atomic mass is 10.1. The molecule has 130 valence electrons. The molecule has 1 rings (SSSR count). The molecular formula is C16H17F2NO5. The molecule has 0 fully saturated rings. The van der Waals surface area contributed by atoms with Crippen molar-refractivity contribution in [2.24, 2.45) is 0 Å². The molecule has 0 aliphatic rings. The monoisotopic (exact) mass is 341 g/mol. The molecule has 6 nitrogen and oxygen atoms in total. The van der Waals surface area contributed by atoms with Crippen LogP contribution in [0, 0.1) is 11.6 Å². The Bertz CT molecular complexity index is 645. The number of ether oxygens (including phenoxy) is 2. The number of rotatable bonds is 7. The molecule has 24 heavy (non-hydrogen) atoms. The van der Waals surface area contributed by atoms with Gasteiger partial charge in [0.1, 0.15) is 6.04 Å². The summed E-state index contributed by atoms with van der Waals surface area (Å²) in [6, 6.07) is 2.06. The Morgan fingerprint density at radius 2 is 1.88 bits per heavy atom. The van der Waals surface area contributed by atoms with E-state index in [2.05, 4.69) is 14.8 Å². The molecule has 8 heteroatoms. The van der Waals surface area contributed by atoms with Crippen molar-refractivity contribution in [2.75, 3.05) is 14.2 Å². The van der Waals surface area contributed by atoms with Crippen LogP contribution in [0.4, 0.5) is 8.78 Å². The number of carbonyl (C=O) groups is 3. The molecule has 0 spiro atoms. The van der Waals surface area contributed by atoms with Gasteiger partial charge in [-0.15, -0.1) is 0 Å². The summed E-state index contributed by atoms with van der Waals surface area (Å²) in [6.07, 6.45) is 2.22. The maximum Gasteiger partial charge on any atom is 0.330 e. The van der Waals surface area contributed by atoms with Crippen LogP contribution in [0.2, 0.25) is 0 Å². The molecule has 0 unspecified atom stereocenters. The highest BCUT2D eigenvalue weighted by Gasteiger charge is 2.20. The Morgan fingerprint density at radius 1 is 1.17 bits per heavy atom. The van der Waals surface area contributed by atoms with Crippen LogP contribution in [0.3, 0.4) is 0 Å². The van der Waals surface area contributed by atoms with Crippen molar-refractivity contribution in [1.82, 2.24) is 5.32 Å². The standard InChI is InChI=1S/C16H17F2NO5/c1-23-15(21)5-3-4-13(16(22)24-2)19-14(20)9-10-6-7-11(17)12(18)8-10/h3,5-8,13H,4,9H2,1-2H3,(H,19,20)/b5-3+/t13-/m0/s1. The number of hydrogen-bond acceptors (Lipinski definition) is 5. The lowest BCUT2D eigenvalue weighted by Crippen LogP contribution is -2.41. The van der Waals surface area contributed by atoms with Gasteiger partial charge < -0.3 is 14.8 Å². The predicted octanol–water partition coefficient (Wildman–Crippen LogP) is 1.28. The van der Waals surface area contributed by atoms with Crippen molar-refractivity contribution in [3.63, 3.8) is 0 Å². The summed E-state index contributed by atoms with van der Waals surface area (Å²) in [5, 5.41) is 2.41. The van der Waals surface area contributed by atoms with Gasteiger partial charge in [-0.2, -0.15) is 0 Å². The minimum atomic E-state index is -1.06. The Hall–Kier alpha value is -2.77. The topological polar surface area (TPSA) is 81.7 Å². The van der Waals surface area contributed by atoms with Crippen molar-refractivity contribution in [3.05, 3.63) is 47.5 Å². The zero-order valence-electron chi connectivity index (χ0n) is 13.2. The van der Waals surface area contributed by atoms with E-state index in [1.165, 1.54) is 19.3 Å². The molecule has 1 amide bonds. The second-order valence-electron chi connectivity index (χ2n) is 4.73. The average Bonchev–Trinajstić information content (AvgIpc) is 2.56. The number of amides is 1. The highest BCUT2D eigenvalue weighted by atomic mass is 19.2. The number of benzene rings is 1. The number of nitrogens with one attached hydrogen (secondary N) is 1. The van der Waals surface area contributed by atoms with Crippen LogP contribution < -0.4 is 5.32 Å². The van der Waals surface area contributed by atoms with Crippen molar-refractivity contribution < 1.29 is 32.6 Å². The lowest BCUT2D eigenvalue weighted by Gasteiger charge is -2.15. The van der Waals surface area contributed by atoms with Crippen molar-refractivity contribution >= 4 is 17.8 Å². The van der Waals surface area contributed by atoms with Crippen LogP contribution in [0.15, 0.2) is 30.4 Å². The van der Waals surface area contributed by atoms with Crippen LogP contribution in [0.1, 0.15) is 12.0 Å². The smallest absolute Gasteiger partial charge is 0.330 e. The Kier molecular flexibility index (Phi) is 7.54. The molecule has 0 bridgehead atoms. The molecular weight excluding hydrogens is 324 g/mol. The number of halogens is 2. The molecule has 0 radical (unpaired) electrons. The first kappa shape index (κ1) is 19.3. The molecule has 1 aromatic rings. The summed E-state index contributed by atoms with van der Waals surface area (Å²) >= 11 is 0. The highest BCUT2D eigenvalue weighted by Crippen LogP contribution is 2.09. The normalized spacial score (nSPS) is 11.8. The third kappa shape index (κ3) is 6.15. The van der Waals surface area contributed by atoms with E-state index in [0.29, 0.717) is 0 Å². The fraction of sp³-hybridized carbons (Fsp3) is 0.312. The Balaban J connectivity index is 2.69. The summed E-state index contributed by atoms with van der Waals surface area (Å²) in [7, 11) is 2.36. The molecule has 1 N–H and O–H groups in total. The first-order valence-electron chi connectivity index (χ1n) is 6.93. The zero-order valence-corrected chi connectivity index (χ0v) is 13.2.